The van der Waals surface area contributed by atoms with Crippen molar-refractivity contribution in [3.63, 3.8) is 0 Å². The van der Waals surface area contributed by atoms with Crippen LogP contribution in [-0.2, 0) is 0 Å². The number of hydrogen-bond acceptors (Lipinski definition) is 5. The fraction of sp³-hybridized carbons (Fsp3) is 0.231. The molecule has 0 saturated carbocycles. The highest BCUT2D eigenvalue weighted by Gasteiger charge is 2.15. The van der Waals surface area contributed by atoms with E-state index >= 15 is 0 Å². The monoisotopic (exact) mass is 284 g/mol. The summed E-state index contributed by atoms with van der Waals surface area (Å²) in [5.74, 6) is 1.19. The summed E-state index contributed by atoms with van der Waals surface area (Å²) >= 11 is 1.54. The van der Waals surface area contributed by atoms with Crippen LogP contribution in [0.15, 0.2) is 24.5 Å². The van der Waals surface area contributed by atoms with Crippen molar-refractivity contribution in [2.24, 2.45) is 0 Å². The van der Waals surface area contributed by atoms with E-state index in [0.29, 0.717) is 5.92 Å². The summed E-state index contributed by atoms with van der Waals surface area (Å²) in [6.45, 7) is 4.18. The van der Waals surface area contributed by atoms with Gasteiger partial charge in [0, 0.05) is 11.5 Å². The van der Waals surface area contributed by atoms with E-state index in [9.17, 15) is 0 Å². The average Bonchev–Trinajstić information content (AvgIpc) is 3.11. The molecular formula is C13H12N6S. The molecule has 3 aromatic heterocycles. The second-order valence-corrected chi connectivity index (χ2v) is 5.90. The number of H-pyrrole nitrogens is 1. The maximum atomic E-state index is 4.63. The summed E-state index contributed by atoms with van der Waals surface area (Å²) in [6.07, 6.45) is 1.70. The molecule has 3 heterocycles. The maximum Gasteiger partial charge on any atom is 0.234 e. The van der Waals surface area contributed by atoms with Crippen LogP contribution in [0.5, 0.6) is 0 Å². The zero-order valence-corrected chi connectivity index (χ0v) is 11.8. The van der Waals surface area contributed by atoms with Gasteiger partial charge in [0.25, 0.3) is 0 Å². The van der Waals surface area contributed by atoms with Gasteiger partial charge in [-0.3, -0.25) is 0 Å². The summed E-state index contributed by atoms with van der Waals surface area (Å²) in [6, 6.07) is 6.08. The number of fused-ring (bicyclic) bond motifs is 2. The first kappa shape index (κ1) is 11.5. The van der Waals surface area contributed by atoms with Crippen LogP contribution in [0.2, 0.25) is 0 Å². The smallest absolute Gasteiger partial charge is 0.234 e. The lowest BCUT2D eigenvalue weighted by atomic mass is 10.2. The zero-order chi connectivity index (χ0) is 13.7. The molecule has 0 amide bonds. The molecule has 0 aliphatic carbocycles. The quantitative estimate of drug-likeness (QED) is 0.614. The van der Waals surface area contributed by atoms with E-state index in [0.717, 1.165) is 32.4 Å². The van der Waals surface area contributed by atoms with Gasteiger partial charge in [-0.2, -0.15) is 9.61 Å². The van der Waals surface area contributed by atoms with Crippen molar-refractivity contribution < 1.29 is 0 Å². The van der Waals surface area contributed by atoms with Gasteiger partial charge >= 0.3 is 0 Å². The Hall–Kier alpha value is -2.28. The molecule has 100 valence electrons. The highest BCUT2D eigenvalue weighted by Crippen LogP contribution is 2.28. The number of benzene rings is 1. The van der Waals surface area contributed by atoms with Crippen LogP contribution in [0, 0.1) is 0 Å². The van der Waals surface area contributed by atoms with Crippen molar-refractivity contribution in [2.45, 2.75) is 19.8 Å². The van der Waals surface area contributed by atoms with Gasteiger partial charge in [-0.15, -0.1) is 10.2 Å². The highest BCUT2D eigenvalue weighted by molar-refractivity contribution is 7.19. The predicted octanol–water partition coefficient (Wildman–Crippen LogP) is 2.85. The number of nitrogens with one attached hydrogen (secondary N) is 1. The lowest BCUT2D eigenvalue weighted by Crippen LogP contribution is -1.97. The van der Waals surface area contributed by atoms with Crippen LogP contribution < -0.4 is 0 Å². The molecule has 0 spiro atoms. The molecule has 0 radical (unpaired) electrons. The molecule has 1 N–H and O–H groups in total. The number of imidazole rings is 1. The predicted molar refractivity (Wildman–Crippen MR) is 77.8 cm³/mol. The van der Waals surface area contributed by atoms with Gasteiger partial charge in [-0.05, 0) is 18.2 Å². The van der Waals surface area contributed by atoms with Gasteiger partial charge in [-0.1, -0.05) is 25.2 Å². The Balaban J connectivity index is 1.88. The zero-order valence-electron chi connectivity index (χ0n) is 11.0. The van der Waals surface area contributed by atoms with Crippen LogP contribution >= 0.6 is 11.3 Å². The molecule has 0 atom stereocenters. The Morgan fingerprint density at radius 1 is 1.25 bits per heavy atom. The number of aromatic nitrogens is 6. The van der Waals surface area contributed by atoms with Gasteiger partial charge in [0.15, 0.2) is 5.82 Å². The first-order valence-electron chi connectivity index (χ1n) is 6.38. The first-order valence-corrected chi connectivity index (χ1v) is 7.19. The molecule has 0 saturated heterocycles. The molecule has 6 nitrogen and oxygen atoms in total. The van der Waals surface area contributed by atoms with E-state index in [-0.39, 0.29) is 0 Å². The Morgan fingerprint density at radius 2 is 2.15 bits per heavy atom. The number of hydrogen-bond donors (Lipinski definition) is 1. The third-order valence-corrected chi connectivity index (χ3v) is 4.15. The molecule has 7 heteroatoms. The standard InChI is InChI=1S/C13H12N6S/c1-7(2)11-16-17-13-19(11)18-12(20-13)8-3-4-9-10(5-8)15-6-14-9/h3-7H,1-2H3,(H,14,15). The summed E-state index contributed by atoms with van der Waals surface area (Å²) in [5.41, 5.74) is 3.03. The first-order chi connectivity index (χ1) is 9.72. The largest absolute Gasteiger partial charge is 0.345 e. The van der Waals surface area contributed by atoms with E-state index in [4.69, 9.17) is 0 Å². The Morgan fingerprint density at radius 3 is 3.00 bits per heavy atom. The Kier molecular flexibility index (Phi) is 2.37. The van der Waals surface area contributed by atoms with Gasteiger partial charge in [0.2, 0.25) is 4.96 Å². The topological polar surface area (TPSA) is 71.8 Å². The van der Waals surface area contributed by atoms with Crippen LogP contribution in [0.3, 0.4) is 0 Å². The molecule has 4 aromatic rings. The van der Waals surface area contributed by atoms with E-state index in [1.807, 2.05) is 16.6 Å². The molecule has 20 heavy (non-hydrogen) atoms. The van der Waals surface area contributed by atoms with Crippen molar-refractivity contribution in [1.29, 1.82) is 0 Å². The number of nitrogens with zero attached hydrogens (tertiary/aromatic N) is 5. The third-order valence-electron chi connectivity index (χ3n) is 3.20. The lowest BCUT2D eigenvalue weighted by Gasteiger charge is -1.98. The van der Waals surface area contributed by atoms with Crippen LogP contribution in [-0.4, -0.2) is 29.8 Å². The van der Waals surface area contributed by atoms with Crippen molar-refractivity contribution in [3.05, 3.63) is 30.4 Å². The van der Waals surface area contributed by atoms with Crippen molar-refractivity contribution in [2.75, 3.05) is 0 Å². The molecule has 4 rings (SSSR count). The van der Waals surface area contributed by atoms with Gasteiger partial charge in [0.05, 0.1) is 17.4 Å². The number of aromatic amines is 1. The normalized spacial score (nSPS) is 11.9. The molecule has 0 bridgehead atoms. The van der Waals surface area contributed by atoms with Crippen molar-refractivity contribution in [3.8, 4) is 10.6 Å². The van der Waals surface area contributed by atoms with E-state index in [1.165, 1.54) is 0 Å². The minimum Gasteiger partial charge on any atom is -0.345 e. The third kappa shape index (κ3) is 1.63. The second-order valence-electron chi connectivity index (χ2n) is 4.95. The maximum absolute atomic E-state index is 4.63. The molecule has 0 fully saturated rings. The SMILES string of the molecule is CC(C)c1nnc2sc(-c3ccc4nc[nH]c4c3)nn12. The average molecular weight is 284 g/mol. The lowest BCUT2D eigenvalue weighted by molar-refractivity contribution is 0.727. The van der Waals surface area contributed by atoms with Crippen LogP contribution in [0.4, 0.5) is 0 Å². The summed E-state index contributed by atoms with van der Waals surface area (Å²) < 4.78 is 1.84. The molecule has 0 aliphatic rings. The highest BCUT2D eigenvalue weighted by atomic mass is 32.1. The van der Waals surface area contributed by atoms with Crippen molar-refractivity contribution in [1.82, 2.24) is 29.8 Å². The van der Waals surface area contributed by atoms with E-state index in [2.05, 4.69) is 45.2 Å². The second kappa shape index (κ2) is 4.11. The number of rotatable bonds is 2. The van der Waals surface area contributed by atoms with E-state index in [1.54, 1.807) is 17.7 Å². The minimum absolute atomic E-state index is 0.301. The molecule has 0 unspecified atom stereocenters. The fourth-order valence-electron chi connectivity index (χ4n) is 2.18. The summed E-state index contributed by atoms with van der Waals surface area (Å²) in [7, 11) is 0. The van der Waals surface area contributed by atoms with Gasteiger partial charge < -0.3 is 4.98 Å². The Bertz CT molecular complexity index is 900. The molecule has 1 aromatic carbocycles. The minimum atomic E-state index is 0.301. The van der Waals surface area contributed by atoms with Gasteiger partial charge in [0.1, 0.15) is 5.01 Å². The fourth-order valence-corrected chi connectivity index (χ4v) is 3.02. The molecule has 0 aliphatic heterocycles. The van der Waals surface area contributed by atoms with Crippen LogP contribution in [0.1, 0.15) is 25.6 Å². The Labute approximate surface area is 118 Å². The van der Waals surface area contributed by atoms with Crippen LogP contribution in [0.25, 0.3) is 26.6 Å². The van der Waals surface area contributed by atoms with Crippen molar-refractivity contribution >= 4 is 27.3 Å². The molecular weight excluding hydrogens is 272 g/mol. The summed E-state index contributed by atoms with van der Waals surface area (Å²) in [5, 5.41) is 13.9. The van der Waals surface area contributed by atoms with Gasteiger partial charge in [-0.25, -0.2) is 4.98 Å². The van der Waals surface area contributed by atoms with E-state index < -0.39 is 0 Å². The summed E-state index contributed by atoms with van der Waals surface area (Å²) in [4.78, 5) is 8.17.